The van der Waals surface area contributed by atoms with E-state index < -0.39 is 5.60 Å². The van der Waals surface area contributed by atoms with Crippen molar-refractivity contribution in [3.8, 4) is 0 Å². The van der Waals surface area contributed by atoms with Gasteiger partial charge in [0.05, 0.1) is 11.1 Å². The normalized spacial score (nSPS) is 30.8. The molecule has 1 unspecified atom stereocenters. The third-order valence-electron chi connectivity index (χ3n) is 4.89. The first-order valence-corrected chi connectivity index (χ1v) is 7.86. The summed E-state index contributed by atoms with van der Waals surface area (Å²) in [5, 5.41) is 16.9. The van der Waals surface area contributed by atoms with Crippen LogP contribution in [0.5, 0.6) is 0 Å². The van der Waals surface area contributed by atoms with Gasteiger partial charge in [-0.25, -0.2) is 0 Å². The zero-order valence-corrected chi connectivity index (χ0v) is 12.1. The lowest BCUT2D eigenvalue weighted by Gasteiger charge is -2.31. The highest BCUT2D eigenvalue weighted by Gasteiger charge is 2.40. The number of carbonyl (C=O) groups excluding carboxylic acids is 1. The molecule has 4 heteroatoms. The van der Waals surface area contributed by atoms with E-state index in [-0.39, 0.29) is 11.4 Å². The van der Waals surface area contributed by atoms with Crippen LogP contribution in [0.2, 0.25) is 0 Å². The number of aliphatic hydroxyl groups is 1. The molecule has 0 radical (unpaired) electrons. The summed E-state index contributed by atoms with van der Waals surface area (Å²) in [6.45, 7) is 3.39. The van der Waals surface area contributed by atoms with Gasteiger partial charge in [-0.1, -0.05) is 32.6 Å². The minimum absolute atomic E-state index is 0.0742. The van der Waals surface area contributed by atoms with E-state index in [0.29, 0.717) is 6.54 Å². The number of nitrogens with one attached hydrogen (secondary N) is 2. The summed E-state index contributed by atoms with van der Waals surface area (Å²) >= 11 is 0. The molecule has 1 saturated heterocycles. The van der Waals surface area contributed by atoms with E-state index in [0.717, 1.165) is 51.5 Å². The molecule has 1 aliphatic carbocycles. The molecular weight excluding hydrogens is 240 g/mol. The Hall–Kier alpha value is -0.610. The van der Waals surface area contributed by atoms with E-state index in [1.165, 1.54) is 12.8 Å². The van der Waals surface area contributed by atoms with Crippen LogP contribution in [0.25, 0.3) is 0 Å². The highest BCUT2D eigenvalue weighted by Crippen LogP contribution is 2.27. The molecule has 0 bridgehead atoms. The van der Waals surface area contributed by atoms with E-state index in [2.05, 4.69) is 17.6 Å². The quantitative estimate of drug-likeness (QED) is 0.680. The van der Waals surface area contributed by atoms with Gasteiger partial charge in [-0.3, -0.25) is 4.79 Å². The van der Waals surface area contributed by atoms with Crippen LogP contribution in [-0.4, -0.2) is 35.2 Å². The van der Waals surface area contributed by atoms with Crippen LogP contribution in [-0.2, 0) is 4.79 Å². The maximum absolute atomic E-state index is 12.4. The van der Waals surface area contributed by atoms with Gasteiger partial charge in [0.25, 0.3) is 0 Å². The van der Waals surface area contributed by atoms with Crippen LogP contribution in [0.3, 0.4) is 0 Å². The molecule has 2 aliphatic rings. The van der Waals surface area contributed by atoms with Crippen LogP contribution in [0.1, 0.15) is 64.7 Å². The molecule has 4 nitrogen and oxygen atoms in total. The summed E-state index contributed by atoms with van der Waals surface area (Å²) < 4.78 is 0. The molecule has 110 valence electrons. The van der Waals surface area contributed by atoms with E-state index in [1.807, 2.05) is 0 Å². The third kappa shape index (κ3) is 3.48. The molecule has 2 rings (SSSR count). The van der Waals surface area contributed by atoms with Gasteiger partial charge in [0.2, 0.25) is 5.91 Å². The van der Waals surface area contributed by atoms with Gasteiger partial charge in [0, 0.05) is 6.54 Å². The van der Waals surface area contributed by atoms with E-state index in [9.17, 15) is 9.90 Å². The monoisotopic (exact) mass is 268 g/mol. The predicted octanol–water partition coefficient (Wildman–Crippen LogP) is 1.72. The van der Waals surface area contributed by atoms with Crippen molar-refractivity contribution in [2.45, 2.75) is 75.9 Å². The molecule has 0 aromatic heterocycles. The van der Waals surface area contributed by atoms with Gasteiger partial charge >= 0.3 is 0 Å². The first-order chi connectivity index (χ1) is 9.10. The fourth-order valence-corrected chi connectivity index (χ4v) is 3.44. The topological polar surface area (TPSA) is 61.4 Å². The first-order valence-electron chi connectivity index (χ1n) is 7.86. The maximum atomic E-state index is 12.4. The number of hydrogen-bond donors (Lipinski definition) is 3. The zero-order chi connectivity index (χ0) is 13.8. The van der Waals surface area contributed by atoms with E-state index in [1.54, 1.807) is 0 Å². The summed E-state index contributed by atoms with van der Waals surface area (Å²) in [6, 6.07) is 0. The lowest BCUT2D eigenvalue weighted by atomic mass is 9.91. The molecule has 0 spiro atoms. The van der Waals surface area contributed by atoms with Gasteiger partial charge in [0.1, 0.15) is 0 Å². The highest BCUT2D eigenvalue weighted by molar-refractivity contribution is 5.86. The van der Waals surface area contributed by atoms with Gasteiger partial charge < -0.3 is 15.7 Å². The minimum atomic E-state index is -0.681. The smallest absolute Gasteiger partial charge is 0.240 e. The first kappa shape index (κ1) is 14.8. The molecule has 0 aromatic carbocycles. The minimum Gasteiger partial charge on any atom is -0.388 e. The Labute approximate surface area is 116 Å². The molecule has 1 aliphatic heterocycles. The van der Waals surface area contributed by atoms with Crippen molar-refractivity contribution in [3.63, 3.8) is 0 Å². The van der Waals surface area contributed by atoms with Crippen molar-refractivity contribution in [2.24, 2.45) is 0 Å². The SMILES string of the molecule is CCC1(C(=O)NCC2(O)CCCCCC2)CCCN1. The largest absolute Gasteiger partial charge is 0.388 e. The van der Waals surface area contributed by atoms with Gasteiger partial charge in [-0.2, -0.15) is 0 Å². The Morgan fingerprint density at radius 3 is 2.37 bits per heavy atom. The summed E-state index contributed by atoms with van der Waals surface area (Å²) in [4.78, 5) is 12.4. The molecule has 0 aromatic rings. The number of hydrogen-bond acceptors (Lipinski definition) is 3. The van der Waals surface area contributed by atoms with Crippen molar-refractivity contribution in [3.05, 3.63) is 0 Å². The lowest BCUT2D eigenvalue weighted by molar-refractivity contribution is -0.128. The molecule has 1 atom stereocenters. The Bertz CT molecular complexity index is 303. The van der Waals surface area contributed by atoms with E-state index >= 15 is 0 Å². The van der Waals surface area contributed by atoms with Crippen LogP contribution in [0.4, 0.5) is 0 Å². The number of rotatable bonds is 4. The number of amides is 1. The Morgan fingerprint density at radius 1 is 1.16 bits per heavy atom. The predicted molar refractivity (Wildman–Crippen MR) is 75.9 cm³/mol. The molecule has 19 heavy (non-hydrogen) atoms. The fourth-order valence-electron chi connectivity index (χ4n) is 3.44. The molecular formula is C15H28N2O2. The van der Waals surface area contributed by atoms with Crippen molar-refractivity contribution < 1.29 is 9.90 Å². The lowest BCUT2D eigenvalue weighted by Crippen LogP contribution is -2.56. The Kier molecular flexibility index (Phi) is 4.85. The Balaban J connectivity index is 1.88. The van der Waals surface area contributed by atoms with Crippen LogP contribution < -0.4 is 10.6 Å². The third-order valence-corrected chi connectivity index (χ3v) is 4.89. The second-order valence-electron chi connectivity index (χ2n) is 6.29. The van der Waals surface area contributed by atoms with Crippen LogP contribution in [0, 0.1) is 0 Å². The Morgan fingerprint density at radius 2 is 1.84 bits per heavy atom. The average Bonchev–Trinajstić information content (AvgIpc) is 2.81. The summed E-state index contributed by atoms with van der Waals surface area (Å²) in [7, 11) is 0. The van der Waals surface area contributed by atoms with Crippen LogP contribution in [0.15, 0.2) is 0 Å². The average molecular weight is 268 g/mol. The molecule has 2 fully saturated rings. The second kappa shape index (κ2) is 6.23. The van der Waals surface area contributed by atoms with Crippen molar-refractivity contribution in [1.29, 1.82) is 0 Å². The van der Waals surface area contributed by atoms with Gasteiger partial charge in [-0.15, -0.1) is 0 Å². The van der Waals surface area contributed by atoms with Crippen LogP contribution >= 0.6 is 0 Å². The summed E-state index contributed by atoms with van der Waals surface area (Å²) in [5.41, 5.74) is -1.07. The fraction of sp³-hybridized carbons (Fsp3) is 0.933. The summed E-state index contributed by atoms with van der Waals surface area (Å²) in [5.74, 6) is 0.0742. The summed E-state index contributed by atoms with van der Waals surface area (Å²) in [6.07, 6.45) is 8.98. The highest BCUT2D eigenvalue weighted by atomic mass is 16.3. The maximum Gasteiger partial charge on any atom is 0.240 e. The molecule has 1 amide bonds. The van der Waals surface area contributed by atoms with Crippen molar-refractivity contribution in [1.82, 2.24) is 10.6 Å². The van der Waals surface area contributed by atoms with Crippen molar-refractivity contribution >= 4 is 5.91 Å². The second-order valence-corrected chi connectivity index (χ2v) is 6.29. The molecule has 1 heterocycles. The van der Waals surface area contributed by atoms with E-state index in [4.69, 9.17) is 0 Å². The number of carbonyl (C=O) groups is 1. The standard InChI is InChI=1S/C15H28N2O2/c1-2-15(10-7-11-17-15)13(18)16-12-14(19)8-5-3-4-6-9-14/h17,19H,2-12H2,1H3,(H,16,18). The van der Waals surface area contributed by atoms with Crippen molar-refractivity contribution in [2.75, 3.05) is 13.1 Å². The molecule has 1 saturated carbocycles. The van der Waals surface area contributed by atoms with Gasteiger partial charge in [-0.05, 0) is 38.6 Å². The molecule has 3 N–H and O–H groups in total. The van der Waals surface area contributed by atoms with Gasteiger partial charge in [0.15, 0.2) is 0 Å². The zero-order valence-electron chi connectivity index (χ0n) is 12.1.